The summed E-state index contributed by atoms with van der Waals surface area (Å²) in [6.45, 7) is 7.55. The summed E-state index contributed by atoms with van der Waals surface area (Å²) in [6, 6.07) is 2.60. The minimum Gasteiger partial charge on any atom is -0.327 e. The number of nitrogens with two attached hydrogens (primary N) is 1. The number of piperidine rings is 1. The maximum atomic E-state index is 6.02. The molecule has 1 aromatic heterocycles. The molecule has 1 saturated heterocycles. The molecule has 2 heterocycles. The van der Waals surface area contributed by atoms with Crippen LogP contribution in [0.4, 0.5) is 0 Å². The Hall–Kier alpha value is -0.930. The Morgan fingerprint density at radius 1 is 1.50 bits per heavy atom. The zero-order valence-electron chi connectivity index (χ0n) is 10.2. The SMILES string of the molecule is Cc1cncc(CN2CCC(N)C(C)C2)c1. The highest BCUT2D eigenvalue weighted by Gasteiger charge is 2.22. The molecule has 2 N–H and O–H groups in total. The number of hydrogen-bond acceptors (Lipinski definition) is 3. The second-order valence-electron chi connectivity index (χ2n) is 5.04. The van der Waals surface area contributed by atoms with Gasteiger partial charge in [-0.15, -0.1) is 0 Å². The minimum atomic E-state index is 0.381. The first-order chi connectivity index (χ1) is 7.65. The van der Waals surface area contributed by atoms with Crippen LogP contribution >= 0.6 is 0 Å². The summed E-state index contributed by atoms with van der Waals surface area (Å²) in [5.41, 5.74) is 8.56. The highest BCUT2D eigenvalue weighted by atomic mass is 15.1. The van der Waals surface area contributed by atoms with Gasteiger partial charge < -0.3 is 5.73 Å². The van der Waals surface area contributed by atoms with Gasteiger partial charge in [0.2, 0.25) is 0 Å². The molecule has 0 aromatic carbocycles. The molecule has 3 nitrogen and oxygen atoms in total. The fourth-order valence-corrected chi connectivity index (χ4v) is 2.36. The van der Waals surface area contributed by atoms with Crippen LogP contribution in [0.3, 0.4) is 0 Å². The molecular formula is C13H21N3. The Balaban J connectivity index is 1.95. The van der Waals surface area contributed by atoms with E-state index in [1.165, 1.54) is 11.1 Å². The van der Waals surface area contributed by atoms with Crippen molar-refractivity contribution in [2.24, 2.45) is 11.7 Å². The third-order valence-electron chi connectivity index (χ3n) is 3.39. The van der Waals surface area contributed by atoms with E-state index in [0.29, 0.717) is 12.0 Å². The molecule has 88 valence electrons. The second-order valence-corrected chi connectivity index (χ2v) is 5.04. The molecule has 1 aliphatic rings. The van der Waals surface area contributed by atoms with Gasteiger partial charge in [-0.3, -0.25) is 9.88 Å². The van der Waals surface area contributed by atoms with Gasteiger partial charge in [-0.1, -0.05) is 13.0 Å². The van der Waals surface area contributed by atoms with Crippen molar-refractivity contribution in [3.05, 3.63) is 29.6 Å². The van der Waals surface area contributed by atoms with Crippen LogP contribution in [0.2, 0.25) is 0 Å². The van der Waals surface area contributed by atoms with Crippen LogP contribution in [-0.4, -0.2) is 29.0 Å². The maximum absolute atomic E-state index is 6.02. The lowest BCUT2D eigenvalue weighted by molar-refractivity contribution is 0.157. The van der Waals surface area contributed by atoms with Crippen molar-refractivity contribution in [2.75, 3.05) is 13.1 Å². The first-order valence-corrected chi connectivity index (χ1v) is 6.03. The summed E-state index contributed by atoms with van der Waals surface area (Å²) < 4.78 is 0. The number of hydrogen-bond donors (Lipinski definition) is 1. The molecule has 16 heavy (non-hydrogen) atoms. The van der Waals surface area contributed by atoms with Crippen molar-refractivity contribution in [1.29, 1.82) is 0 Å². The first-order valence-electron chi connectivity index (χ1n) is 6.03. The predicted octanol–water partition coefficient (Wildman–Crippen LogP) is 1.56. The van der Waals surface area contributed by atoms with Crippen LogP contribution in [0.25, 0.3) is 0 Å². The summed E-state index contributed by atoms with van der Waals surface area (Å²) in [4.78, 5) is 6.71. The van der Waals surface area contributed by atoms with Crippen LogP contribution in [0.15, 0.2) is 18.5 Å². The Kier molecular flexibility index (Phi) is 3.56. The first kappa shape index (κ1) is 11.6. The summed E-state index contributed by atoms with van der Waals surface area (Å²) in [5.74, 6) is 0.603. The molecule has 1 aliphatic heterocycles. The van der Waals surface area contributed by atoms with E-state index in [0.717, 1.165) is 26.1 Å². The fourth-order valence-electron chi connectivity index (χ4n) is 2.36. The zero-order valence-corrected chi connectivity index (χ0v) is 10.2. The Morgan fingerprint density at radius 3 is 3.00 bits per heavy atom. The largest absolute Gasteiger partial charge is 0.327 e. The summed E-state index contributed by atoms with van der Waals surface area (Å²) in [6.07, 6.45) is 4.98. The van der Waals surface area contributed by atoms with Crippen molar-refractivity contribution in [3.8, 4) is 0 Å². The molecule has 2 rings (SSSR count). The zero-order chi connectivity index (χ0) is 11.5. The minimum absolute atomic E-state index is 0.381. The van der Waals surface area contributed by atoms with Gasteiger partial charge in [0, 0.05) is 31.5 Å². The number of rotatable bonds is 2. The molecule has 2 atom stereocenters. The van der Waals surface area contributed by atoms with Gasteiger partial charge >= 0.3 is 0 Å². The van der Waals surface area contributed by atoms with E-state index >= 15 is 0 Å². The maximum Gasteiger partial charge on any atom is 0.0313 e. The molecule has 1 aromatic rings. The average molecular weight is 219 g/mol. The summed E-state index contributed by atoms with van der Waals surface area (Å²) >= 11 is 0. The molecule has 0 radical (unpaired) electrons. The second kappa shape index (κ2) is 4.93. The quantitative estimate of drug-likeness (QED) is 0.820. The number of aryl methyl sites for hydroxylation is 1. The monoisotopic (exact) mass is 219 g/mol. The summed E-state index contributed by atoms with van der Waals surface area (Å²) in [5, 5.41) is 0. The normalized spacial score (nSPS) is 26.9. The lowest BCUT2D eigenvalue weighted by Gasteiger charge is -2.35. The van der Waals surface area contributed by atoms with Crippen LogP contribution in [0.1, 0.15) is 24.5 Å². The fraction of sp³-hybridized carbons (Fsp3) is 0.615. The highest BCUT2D eigenvalue weighted by molar-refractivity contribution is 5.16. The van der Waals surface area contributed by atoms with Crippen LogP contribution in [-0.2, 0) is 6.54 Å². The highest BCUT2D eigenvalue weighted by Crippen LogP contribution is 2.17. The van der Waals surface area contributed by atoms with Gasteiger partial charge in [0.25, 0.3) is 0 Å². The predicted molar refractivity (Wildman–Crippen MR) is 66.0 cm³/mol. The number of aromatic nitrogens is 1. The van der Waals surface area contributed by atoms with Crippen LogP contribution in [0.5, 0.6) is 0 Å². The van der Waals surface area contributed by atoms with Crippen molar-refractivity contribution >= 4 is 0 Å². The smallest absolute Gasteiger partial charge is 0.0313 e. The Morgan fingerprint density at radius 2 is 2.31 bits per heavy atom. The number of pyridine rings is 1. The van der Waals surface area contributed by atoms with E-state index in [1.54, 1.807) is 0 Å². The number of likely N-dealkylation sites (tertiary alicyclic amines) is 1. The van der Waals surface area contributed by atoms with Crippen LogP contribution < -0.4 is 5.73 Å². The summed E-state index contributed by atoms with van der Waals surface area (Å²) in [7, 11) is 0. The topological polar surface area (TPSA) is 42.2 Å². The molecular weight excluding hydrogens is 198 g/mol. The van der Waals surface area contributed by atoms with Gasteiger partial charge in [0.15, 0.2) is 0 Å². The molecule has 0 spiro atoms. The molecule has 2 unspecified atom stereocenters. The molecule has 0 saturated carbocycles. The van der Waals surface area contributed by atoms with E-state index in [-0.39, 0.29) is 0 Å². The van der Waals surface area contributed by atoms with E-state index in [1.807, 2.05) is 12.4 Å². The van der Waals surface area contributed by atoms with E-state index in [9.17, 15) is 0 Å². The standard InChI is InChI=1S/C13H21N3/c1-10-5-12(7-15-6-10)9-16-4-3-13(14)11(2)8-16/h5-7,11,13H,3-4,8-9,14H2,1-2H3. The molecule has 0 amide bonds. The van der Waals surface area contributed by atoms with Crippen molar-refractivity contribution in [1.82, 2.24) is 9.88 Å². The van der Waals surface area contributed by atoms with Crippen molar-refractivity contribution < 1.29 is 0 Å². The molecule has 3 heteroatoms. The molecule has 0 bridgehead atoms. The number of nitrogens with zero attached hydrogens (tertiary/aromatic N) is 2. The van der Waals surface area contributed by atoms with E-state index in [4.69, 9.17) is 5.73 Å². The lowest BCUT2D eigenvalue weighted by atomic mass is 9.94. The van der Waals surface area contributed by atoms with Crippen LogP contribution in [0, 0.1) is 12.8 Å². The molecule has 1 fully saturated rings. The molecule has 0 aliphatic carbocycles. The Bertz CT molecular complexity index is 351. The van der Waals surface area contributed by atoms with Gasteiger partial charge in [-0.05, 0) is 36.9 Å². The third-order valence-corrected chi connectivity index (χ3v) is 3.39. The van der Waals surface area contributed by atoms with E-state index in [2.05, 4.69) is 29.8 Å². The van der Waals surface area contributed by atoms with E-state index < -0.39 is 0 Å². The Labute approximate surface area is 97.7 Å². The third kappa shape index (κ3) is 2.80. The average Bonchev–Trinajstić information content (AvgIpc) is 2.24. The van der Waals surface area contributed by atoms with Gasteiger partial charge in [-0.2, -0.15) is 0 Å². The van der Waals surface area contributed by atoms with Crippen molar-refractivity contribution in [2.45, 2.75) is 32.9 Å². The lowest BCUT2D eigenvalue weighted by Crippen LogP contribution is -2.45. The van der Waals surface area contributed by atoms with Gasteiger partial charge in [0.05, 0.1) is 0 Å². The van der Waals surface area contributed by atoms with Gasteiger partial charge in [-0.25, -0.2) is 0 Å². The van der Waals surface area contributed by atoms with Gasteiger partial charge in [0.1, 0.15) is 0 Å². The van der Waals surface area contributed by atoms with Crippen molar-refractivity contribution in [3.63, 3.8) is 0 Å².